The molecule has 0 saturated heterocycles. The molecular weight excluding hydrogens is 598 g/mol. The molecule has 0 aliphatic carbocycles. The molecule has 0 spiro atoms. The van der Waals surface area contributed by atoms with Gasteiger partial charge in [0.05, 0.1) is 6.04 Å². The molecular formula is C32H35N5O7S. The topological polar surface area (TPSA) is 207 Å². The standard InChI is InChI=1S/C32H35N5O7S/c33-24(17-45)29(40)35-26(13-18-5-9-21(38)10-6-18)30(41)36-27(15-20-16-34-25-4-2-1-3-23(20)25)31(42)37-28(32(43)44)14-19-7-11-22(39)12-8-19/h1-12,16,24,26-28,34,38-39,45H,13-15,17,33H2,(H,35,40)(H,36,41)(H,37,42)(H,43,44). The maximum absolute atomic E-state index is 13.7. The lowest BCUT2D eigenvalue weighted by molar-refractivity contribution is -0.142. The maximum Gasteiger partial charge on any atom is 0.326 e. The van der Waals surface area contributed by atoms with Crippen LogP contribution >= 0.6 is 12.6 Å². The molecule has 3 aromatic carbocycles. The molecule has 0 fully saturated rings. The second kappa shape index (κ2) is 15.1. The Morgan fingerprint density at radius 3 is 1.76 bits per heavy atom. The zero-order chi connectivity index (χ0) is 32.5. The molecule has 13 heteroatoms. The fourth-order valence-corrected chi connectivity index (χ4v) is 4.95. The van der Waals surface area contributed by atoms with Crippen LogP contribution in [0.5, 0.6) is 11.5 Å². The molecule has 4 rings (SSSR count). The van der Waals surface area contributed by atoms with Crippen LogP contribution in [0.4, 0.5) is 0 Å². The summed E-state index contributed by atoms with van der Waals surface area (Å²) in [6, 6.07) is 14.7. The number of carbonyl (C=O) groups is 4. The van der Waals surface area contributed by atoms with Crippen molar-refractivity contribution in [2.45, 2.75) is 43.4 Å². The van der Waals surface area contributed by atoms with Gasteiger partial charge >= 0.3 is 5.97 Å². The molecule has 4 unspecified atom stereocenters. The van der Waals surface area contributed by atoms with E-state index in [0.29, 0.717) is 16.7 Å². The van der Waals surface area contributed by atoms with E-state index in [0.717, 1.165) is 10.9 Å². The molecule has 12 nitrogen and oxygen atoms in total. The van der Waals surface area contributed by atoms with Crippen LogP contribution < -0.4 is 21.7 Å². The summed E-state index contributed by atoms with van der Waals surface area (Å²) in [7, 11) is 0. The highest BCUT2D eigenvalue weighted by Crippen LogP contribution is 2.20. The fourth-order valence-electron chi connectivity index (χ4n) is 4.78. The lowest BCUT2D eigenvalue weighted by atomic mass is 10.0. The quantitative estimate of drug-likeness (QED) is 0.0926. The van der Waals surface area contributed by atoms with Gasteiger partial charge in [-0.3, -0.25) is 14.4 Å². The summed E-state index contributed by atoms with van der Waals surface area (Å²) in [4.78, 5) is 55.4. The summed E-state index contributed by atoms with van der Waals surface area (Å²) in [5.41, 5.74) is 8.53. The first-order valence-corrected chi connectivity index (χ1v) is 14.8. The predicted molar refractivity (Wildman–Crippen MR) is 171 cm³/mol. The van der Waals surface area contributed by atoms with E-state index in [1.54, 1.807) is 30.5 Å². The molecule has 236 valence electrons. The van der Waals surface area contributed by atoms with Gasteiger partial charge in [0, 0.05) is 42.1 Å². The Labute approximate surface area is 264 Å². The number of phenolic OH excluding ortho intramolecular Hbond substituents is 2. The maximum atomic E-state index is 13.7. The van der Waals surface area contributed by atoms with Crippen molar-refractivity contribution < 1.29 is 34.5 Å². The number of nitrogens with two attached hydrogens (primary N) is 1. The van der Waals surface area contributed by atoms with Gasteiger partial charge in [-0.15, -0.1) is 0 Å². The van der Waals surface area contributed by atoms with E-state index in [4.69, 9.17) is 5.73 Å². The Morgan fingerprint density at radius 1 is 0.711 bits per heavy atom. The highest BCUT2D eigenvalue weighted by molar-refractivity contribution is 7.80. The van der Waals surface area contributed by atoms with Gasteiger partial charge in [-0.25, -0.2) is 4.79 Å². The number of carbonyl (C=O) groups excluding carboxylic acids is 3. The number of nitrogens with one attached hydrogen (secondary N) is 4. The molecule has 45 heavy (non-hydrogen) atoms. The minimum Gasteiger partial charge on any atom is -0.508 e. The monoisotopic (exact) mass is 633 g/mol. The molecule has 3 amide bonds. The van der Waals surface area contributed by atoms with Crippen LogP contribution in [0.15, 0.2) is 79.0 Å². The minimum atomic E-state index is -1.34. The number of rotatable bonds is 14. The lowest BCUT2D eigenvalue weighted by Gasteiger charge is -2.25. The molecule has 1 aromatic heterocycles. The third-order valence-electron chi connectivity index (χ3n) is 7.27. The number of carboxylic acid groups (broad SMARTS) is 1. The van der Waals surface area contributed by atoms with Gasteiger partial charge in [0.15, 0.2) is 0 Å². The fraction of sp³-hybridized carbons (Fsp3) is 0.250. The van der Waals surface area contributed by atoms with Crippen molar-refractivity contribution in [1.29, 1.82) is 0 Å². The van der Waals surface area contributed by atoms with Crippen molar-refractivity contribution in [2.75, 3.05) is 5.75 Å². The molecule has 9 N–H and O–H groups in total. The van der Waals surface area contributed by atoms with Gasteiger partial charge in [0.2, 0.25) is 17.7 Å². The molecule has 0 aliphatic rings. The van der Waals surface area contributed by atoms with E-state index in [2.05, 4.69) is 33.6 Å². The number of hydrogen-bond donors (Lipinski definition) is 9. The highest BCUT2D eigenvalue weighted by Gasteiger charge is 2.31. The smallest absolute Gasteiger partial charge is 0.326 e. The van der Waals surface area contributed by atoms with Crippen LogP contribution in [0.1, 0.15) is 16.7 Å². The predicted octanol–water partition coefficient (Wildman–Crippen LogP) is 1.40. The number of aromatic hydroxyl groups is 2. The van der Waals surface area contributed by atoms with E-state index in [9.17, 15) is 34.5 Å². The largest absolute Gasteiger partial charge is 0.508 e. The highest BCUT2D eigenvalue weighted by atomic mass is 32.1. The Balaban J connectivity index is 1.61. The van der Waals surface area contributed by atoms with E-state index < -0.39 is 47.9 Å². The number of fused-ring (bicyclic) bond motifs is 1. The van der Waals surface area contributed by atoms with Crippen LogP contribution in [0, 0.1) is 0 Å². The number of phenols is 2. The van der Waals surface area contributed by atoms with Gasteiger partial charge in [-0.05, 0) is 47.0 Å². The summed E-state index contributed by atoms with van der Waals surface area (Å²) < 4.78 is 0. The van der Waals surface area contributed by atoms with Gasteiger partial charge in [0.25, 0.3) is 0 Å². The van der Waals surface area contributed by atoms with E-state index >= 15 is 0 Å². The van der Waals surface area contributed by atoms with E-state index in [1.165, 1.54) is 24.3 Å². The van der Waals surface area contributed by atoms with Gasteiger partial charge in [-0.2, -0.15) is 12.6 Å². The summed E-state index contributed by atoms with van der Waals surface area (Å²) in [5, 5.41) is 37.8. The van der Waals surface area contributed by atoms with Gasteiger partial charge < -0.3 is 42.0 Å². The Kier molecular flexibility index (Phi) is 11.1. The normalized spacial score (nSPS) is 13.7. The first-order chi connectivity index (χ1) is 21.5. The van der Waals surface area contributed by atoms with Crippen LogP contribution in [0.25, 0.3) is 10.9 Å². The van der Waals surface area contributed by atoms with Gasteiger partial charge in [0.1, 0.15) is 29.6 Å². The number of benzene rings is 3. The Morgan fingerprint density at radius 2 is 1.20 bits per heavy atom. The number of hydrogen-bond acceptors (Lipinski definition) is 8. The number of H-pyrrole nitrogens is 1. The second-order valence-corrected chi connectivity index (χ2v) is 11.0. The van der Waals surface area contributed by atoms with E-state index in [1.807, 2.05) is 24.3 Å². The second-order valence-electron chi connectivity index (χ2n) is 10.6. The number of amides is 3. The Bertz CT molecular complexity index is 1640. The number of aliphatic carboxylic acids is 1. The van der Waals surface area contributed by atoms with Crippen LogP contribution in [0.3, 0.4) is 0 Å². The van der Waals surface area contributed by atoms with Crippen molar-refractivity contribution in [3.63, 3.8) is 0 Å². The number of carboxylic acids is 1. The van der Waals surface area contributed by atoms with Crippen LogP contribution in [-0.2, 0) is 38.4 Å². The SMILES string of the molecule is NC(CS)C(=O)NC(Cc1ccc(O)cc1)C(=O)NC(Cc1c[nH]c2ccccc12)C(=O)NC(Cc1ccc(O)cc1)C(=O)O. The lowest BCUT2D eigenvalue weighted by Crippen LogP contribution is -2.58. The zero-order valence-corrected chi connectivity index (χ0v) is 25.0. The number of para-hydroxylation sites is 1. The third-order valence-corrected chi connectivity index (χ3v) is 7.66. The van der Waals surface area contributed by atoms with Crippen molar-refractivity contribution >= 4 is 47.2 Å². The molecule has 4 atom stereocenters. The van der Waals surface area contributed by atoms with Crippen molar-refractivity contribution in [3.05, 3.63) is 95.7 Å². The van der Waals surface area contributed by atoms with Crippen molar-refractivity contribution in [1.82, 2.24) is 20.9 Å². The molecule has 0 saturated carbocycles. The van der Waals surface area contributed by atoms with Crippen LogP contribution in [-0.4, -0.2) is 73.9 Å². The molecule has 4 aromatic rings. The summed E-state index contributed by atoms with van der Waals surface area (Å²) in [6.07, 6.45) is 1.65. The first kappa shape index (κ1) is 32.9. The first-order valence-electron chi connectivity index (χ1n) is 14.1. The Hall–Kier alpha value is -5.01. The van der Waals surface area contributed by atoms with Crippen molar-refractivity contribution in [2.24, 2.45) is 5.73 Å². The molecule has 1 heterocycles. The average Bonchev–Trinajstić information content (AvgIpc) is 3.44. The van der Waals surface area contributed by atoms with E-state index in [-0.39, 0.29) is 36.5 Å². The molecule has 0 radical (unpaired) electrons. The summed E-state index contributed by atoms with van der Waals surface area (Å²) in [6.45, 7) is 0. The number of aromatic amines is 1. The zero-order valence-electron chi connectivity index (χ0n) is 24.1. The molecule has 0 aliphatic heterocycles. The minimum absolute atomic E-state index is 0.00314. The van der Waals surface area contributed by atoms with Crippen molar-refractivity contribution in [3.8, 4) is 11.5 Å². The van der Waals surface area contributed by atoms with Gasteiger partial charge in [-0.1, -0.05) is 42.5 Å². The number of aromatic nitrogens is 1. The van der Waals surface area contributed by atoms with Crippen LogP contribution in [0.2, 0.25) is 0 Å². The molecule has 0 bridgehead atoms. The number of thiol groups is 1. The summed E-state index contributed by atoms with van der Waals surface area (Å²) >= 11 is 4.06. The third kappa shape index (κ3) is 9.00. The summed E-state index contributed by atoms with van der Waals surface area (Å²) in [5.74, 6) is -3.29. The average molecular weight is 634 g/mol.